The quantitative estimate of drug-likeness (QED) is 0.218. The van der Waals surface area contributed by atoms with Gasteiger partial charge in [0.1, 0.15) is 5.82 Å². The molecular weight excluding hydrogens is 505 g/mol. The summed E-state index contributed by atoms with van der Waals surface area (Å²) in [5.41, 5.74) is 1.23. The zero-order chi connectivity index (χ0) is 24.1. The van der Waals surface area contributed by atoms with Crippen molar-refractivity contribution < 1.29 is 28.2 Å². The monoisotopic (exact) mass is 523 g/mol. The maximum Gasteiger partial charge on any atom is 0.363 e. The van der Waals surface area contributed by atoms with Crippen LogP contribution < -0.4 is 9.47 Å². The summed E-state index contributed by atoms with van der Waals surface area (Å²) in [6, 6.07) is 18.1. The summed E-state index contributed by atoms with van der Waals surface area (Å²) in [5.74, 6) is -0.765. The summed E-state index contributed by atoms with van der Waals surface area (Å²) in [6.45, 7) is 2.00. The molecule has 0 fully saturated rings. The maximum atomic E-state index is 14.0. The molecule has 0 saturated heterocycles. The molecule has 172 valence electrons. The van der Waals surface area contributed by atoms with Gasteiger partial charge in [0.05, 0.1) is 16.6 Å². The maximum absolute atomic E-state index is 14.0. The molecule has 0 spiro atoms. The number of benzene rings is 3. The molecule has 0 bridgehead atoms. The number of hydrogen-bond acceptors (Lipinski definition) is 6. The van der Waals surface area contributed by atoms with Crippen LogP contribution in [0.25, 0.3) is 6.08 Å². The van der Waals surface area contributed by atoms with Crippen LogP contribution >= 0.6 is 15.9 Å². The number of rotatable bonds is 8. The Morgan fingerprint density at radius 1 is 1.09 bits per heavy atom. The lowest BCUT2D eigenvalue weighted by Gasteiger charge is -2.14. The SMILES string of the molecule is CCOc1cc(/C=C2\N=C(c3ccccc3F)OC2=O)cc(Br)c1OCC(=O)c1ccccc1. The highest BCUT2D eigenvalue weighted by molar-refractivity contribution is 9.10. The molecule has 0 radical (unpaired) electrons. The van der Waals surface area contributed by atoms with Gasteiger partial charge in [0.2, 0.25) is 5.90 Å². The smallest absolute Gasteiger partial charge is 0.363 e. The average Bonchev–Trinajstić information content (AvgIpc) is 3.19. The molecule has 0 atom stereocenters. The molecule has 3 aromatic rings. The summed E-state index contributed by atoms with van der Waals surface area (Å²) in [6.07, 6.45) is 1.50. The molecule has 0 aromatic heterocycles. The van der Waals surface area contributed by atoms with Gasteiger partial charge in [0, 0.05) is 5.56 Å². The van der Waals surface area contributed by atoms with Gasteiger partial charge in [0.15, 0.2) is 29.6 Å². The number of hydrogen-bond donors (Lipinski definition) is 0. The van der Waals surface area contributed by atoms with Crippen molar-refractivity contribution in [3.8, 4) is 11.5 Å². The molecule has 8 heteroatoms. The van der Waals surface area contributed by atoms with Gasteiger partial charge in [0.25, 0.3) is 0 Å². The fourth-order valence-electron chi connectivity index (χ4n) is 3.24. The van der Waals surface area contributed by atoms with Gasteiger partial charge in [-0.1, -0.05) is 42.5 Å². The van der Waals surface area contributed by atoms with Crippen LogP contribution in [0.3, 0.4) is 0 Å². The lowest BCUT2D eigenvalue weighted by molar-refractivity contribution is -0.129. The minimum atomic E-state index is -0.693. The lowest BCUT2D eigenvalue weighted by Crippen LogP contribution is -2.12. The second-order valence-electron chi connectivity index (χ2n) is 7.16. The van der Waals surface area contributed by atoms with Crippen molar-refractivity contribution in [3.63, 3.8) is 0 Å². The predicted octanol–water partition coefficient (Wildman–Crippen LogP) is 5.59. The Labute approximate surface area is 203 Å². The largest absolute Gasteiger partial charge is 0.490 e. The highest BCUT2D eigenvalue weighted by Crippen LogP contribution is 2.38. The van der Waals surface area contributed by atoms with E-state index in [1.165, 1.54) is 24.3 Å². The zero-order valence-electron chi connectivity index (χ0n) is 18.1. The molecule has 34 heavy (non-hydrogen) atoms. The van der Waals surface area contributed by atoms with E-state index in [-0.39, 0.29) is 29.5 Å². The zero-order valence-corrected chi connectivity index (χ0v) is 19.7. The number of carbonyl (C=O) groups is 2. The topological polar surface area (TPSA) is 74.2 Å². The van der Waals surface area contributed by atoms with Crippen LogP contribution in [0.5, 0.6) is 11.5 Å². The molecule has 0 N–H and O–H groups in total. The minimum absolute atomic E-state index is 0.0144. The summed E-state index contributed by atoms with van der Waals surface area (Å²) in [5, 5.41) is 0. The summed E-state index contributed by atoms with van der Waals surface area (Å²) in [4.78, 5) is 28.9. The van der Waals surface area contributed by atoms with Gasteiger partial charge in [-0.25, -0.2) is 14.2 Å². The average molecular weight is 524 g/mol. The number of Topliss-reactive ketones (excluding diaryl/α,β-unsaturated/α-hetero) is 1. The predicted molar refractivity (Wildman–Crippen MR) is 129 cm³/mol. The van der Waals surface area contributed by atoms with E-state index in [9.17, 15) is 14.0 Å². The molecule has 3 aromatic carbocycles. The van der Waals surface area contributed by atoms with E-state index in [4.69, 9.17) is 14.2 Å². The van der Waals surface area contributed by atoms with E-state index in [0.717, 1.165) is 0 Å². The molecule has 1 aliphatic heterocycles. The van der Waals surface area contributed by atoms with Crippen molar-refractivity contribution in [1.29, 1.82) is 0 Å². The van der Waals surface area contributed by atoms with Crippen LogP contribution in [-0.2, 0) is 9.53 Å². The number of halogens is 2. The van der Waals surface area contributed by atoms with Gasteiger partial charge in [-0.3, -0.25) is 4.79 Å². The molecule has 0 aliphatic carbocycles. The van der Waals surface area contributed by atoms with E-state index in [2.05, 4.69) is 20.9 Å². The number of ketones is 1. The van der Waals surface area contributed by atoms with E-state index in [0.29, 0.717) is 33.7 Å². The van der Waals surface area contributed by atoms with Gasteiger partial charge in [-0.15, -0.1) is 0 Å². The molecule has 0 saturated carbocycles. The number of esters is 1. The van der Waals surface area contributed by atoms with E-state index >= 15 is 0 Å². The first kappa shape index (κ1) is 23.4. The Morgan fingerprint density at radius 3 is 2.56 bits per heavy atom. The standard InChI is InChI=1S/C26H19BrFNO5/c1-2-32-23-14-16(12-19(27)24(23)33-15-22(30)17-8-4-3-5-9-17)13-21-26(31)34-25(29-21)18-10-6-7-11-20(18)28/h3-14H,2,15H2,1H3/b21-13-. The van der Waals surface area contributed by atoms with Crippen molar-refractivity contribution in [2.24, 2.45) is 4.99 Å². The third-order valence-corrected chi connectivity index (χ3v) is 5.39. The number of cyclic esters (lactones) is 1. The van der Waals surface area contributed by atoms with E-state index in [1.54, 1.807) is 42.5 Å². The van der Waals surface area contributed by atoms with Crippen molar-refractivity contribution in [1.82, 2.24) is 0 Å². The summed E-state index contributed by atoms with van der Waals surface area (Å²) >= 11 is 3.45. The Hall–Kier alpha value is -3.78. The molecule has 0 unspecified atom stereocenters. The third kappa shape index (κ3) is 5.23. The van der Waals surface area contributed by atoms with E-state index in [1.807, 2.05) is 13.0 Å². The van der Waals surface area contributed by atoms with E-state index < -0.39 is 11.8 Å². The second kappa shape index (κ2) is 10.4. The van der Waals surface area contributed by atoms with Gasteiger partial charge in [-0.2, -0.15) is 0 Å². The Balaban J connectivity index is 1.60. The lowest BCUT2D eigenvalue weighted by atomic mass is 10.1. The Bertz CT molecular complexity index is 1300. The first-order chi connectivity index (χ1) is 16.5. The second-order valence-corrected chi connectivity index (χ2v) is 8.01. The summed E-state index contributed by atoms with van der Waals surface area (Å²) < 4.78 is 31.2. The molecule has 1 heterocycles. The number of carbonyl (C=O) groups excluding carboxylic acids is 2. The van der Waals surface area contributed by atoms with Crippen molar-refractivity contribution >= 4 is 39.7 Å². The van der Waals surface area contributed by atoms with Crippen LogP contribution in [0.4, 0.5) is 4.39 Å². The first-order valence-corrected chi connectivity index (χ1v) is 11.2. The van der Waals surface area contributed by atoms with Crippen LogP contribution in [0.2, 0.25) is 0 Å². The van der Waals surface area contributed by atoms with Crippen LogP contribution in [0.15, 0.2) is 81.9 Å². The van der Waals surface area contributed by atoms with Crippen LogP contribution in [0, 0.1) is 5.82 Å². The molecular formula is C26H19BrFNO5. The summed E-state index contributed by atoms with van der Waals surface area (Å²) in [7, 11) is 0. The van der Waals surface area contributed by atoms with Gasteiger partial charge in [-0.05, 0) is 58.8 Å². The molecule has 0 amide bonds. The van der Waals surface area contributed by atoms with Crippen LogP contribution in [-0.4, -0.2) is 30.9 Å². The third-order valence-electron chi connectivity index (χ3n) is 4.80. The van der Waals surface area contributed by atoms with Crippen molar-refractivity contribution in [3.05, 3.63) is 99.4 Å². The Morgan fingerprint density at radius 2 is 1.82 bits per heavy atom. The van der Waals surface area contributed by atoms with Gasteiger partial charge >= 0.3 is 5.97 Å². The molecule has 4 rings (SSSR count). The fraction of sp³-hybridized carbons (Fsp3) is 0.115. The number of aliphatic imine (C=N–C) groups is 1. The van der Waals surface area contributed by atoms with Crippen LogP contribution in [0.1, 0.15) is 28.4 Å². The minimum Gasteiger partial charge on any atom is -0.490 e. The number of nitrogens with zero attached hydrogens (tertiary/aromatic N) is 1. The Kier molecular flexibility index (Phi) is 7.18. The highest BCUT2D eigenvalue weighted by atomic mass is 79.9. The molecule has 6 nitrogen and oxygen atoms in total. The van der Waals surface area contributed by atoms with Crippen molar-refractivity contribution in [2.45, 2.75) is 6.92 Å². The highest BCUT2D eigenvalue weighted by Gasteiger charge is 2.26. The first-order valence-electron chi connectivity index (χ1n) is 10.4. The van der Waals surface area contributed by atoms with Gasteiger partial charge < -0.3 is 14.2 Å². The fourth-order valence-corrected chi connectivity index (χ4v) is 3.81. The normalized spacial score (nSPS) is 14.0. The van der Waals surface area contributed by atoms with Crippen molar-refractivity contribution in [2.75, 3.05) is 13.2 Å². The molecule has 1 aliphatic rings. The number of ether oxygens (including phenoxy) is 3.